The fourth-order valence-corrected chi connectivity index (χ4v) is 3.67. The predicted octanol–water partition coefficient (Wildman–Crippen LogP) is 3.21. The smallest absolute Gasteiger partial charge is 0.211 e. The van der Waals surface area contributed by atoms with E-state index in [4.69, 9.17) is 5.73 Å². The van der Waals surface area contributed by atoms with Crippen LogP contribution in [0.4, 0.5) is 11.5 Å². The van der Waals surface area contributed by atoms with Gasteiger partial charge in [-0.3, -0.25) is 0 Å². The molecule has 1 saturated heterocycles. The Morgan fingerprint density at radius 3 is 2.57 bits per heavy atom. The summed E-state index contributed by atoms with van der Waals surface area (Å²) in [6.07, 6.45) is 8.22. The molecule has 1 aliphatic rings. The first kappa shape index (κ1) is 14.4. The molecule has 4 heterocycles. The lowest BCUT2D eigenvalue weighted by atomic mass is 10.1. The van der Waals surface area contributed by atoms with Gasteiger partial charge in [0, 0.05) is 42.5 Å². The van der Waals surface area contributed by atoms with E-state index in [0.29, 0.717) is 11.6 Å². The average Bonchev–Trinajstić information content (AvgIpc) is 3.15. The van der Waals surface area contributed by atoms with Crippen molar-refractivity contribution in [2.45, 2.75) is 32.1 Å². The normalized spacial score (nSPS) is 16.4. The molecular formula is C16H20N6S. The summed E-state index contributed by atoms with van der Waals surface area (Å²) in [6, 6.07) is 4.09. The number of pyridine rings is 1. The minimum absolute atomic E-state index is 0.620. The molecule has 0 radical (unpaired) electrons. The van der Waals surface area contributed by atoms with E-state index in [-0.39, 0.29) is 0 Å². The number of nitrogen functional groups attached to an aromatic ring is 1. The standard InChI is InChI=1S/C16H20N6S/c17-13-10-12(21-7-4-2-1-3-5-8-21)11-14-19-15(20-22(13)14)16-18-6-9-23-16/h6,9-11H,1-5,7-8,17H2. The molecule has 7 heteroatoms. The van der Waals surface area contributed by atoms with Gasteiger partial charge in [0.25, 0.3) is 0 Å². The molecule has 6 nitrogen and oxygen atoms in total. The highest BCUT2D eigenvalue weighted by molar-refractivity contribution is 7.13. The van der Waals surface area contributed by atoms with Crippen LogP contribution in [0.2, 0.25) is 0 Å². The second-order valence-corrected chi connectivity index (χ2v) is 6.83. The number of nitrogens with two attached hydrogens (primary N) is 1. The molecule has 0 aromatic carbocycles. The zero-order chi connectivity index (χ0) is 15.6. The molecule has 0 unspecified atom stereocenters. The number of anilines is 2. The largest absolute Gasteiger partial charge is 0.384 e. The van der Waals surface area contributed by atoms with Crippen molar-refractivity contribution >= 4 is 28.5 Å². The van der Waals surface area contributed by atoms with E-state index in [1.165, 1.54) is 43.4 Å². The van der Waals surface area contributed by atoms with Crippen molar-refractivity contribution in [1.29, 1.82) is 0 Å². The molecule has 2 N–H and O–H groups in total. The lowest BCUT2D eigenvalue weighted by molar-refractivity contribution is 0.556. The van der Waals surface area contributed by atoms with Gasteiger partial charge in [0.15, 0.2) is 10.7 Å². The molecule has 0 atom stereocenters. The van der Waals surface area contributed by atoms with E-state index >= 15 is 0 Å². The molecule has 0 amide bonds. The van der Waals surface area contributed by atoms with Gasteiger partial charge in [-0.2, -0.15) is 4.52 Å². The molecule has 120 valence electrons. The van der Waals surface area contributed by atoms with Crippen molar-refractivity contribution in [3.8, 4) is 10.8 Å². The maximum absolute atomic E-state index is 6.22. The molecule has 1 aliphatic heterocycles. The van der Waals surface area contributed by atoms with Crippen molar-refractivity contribution in [3.63, 3.8) is 0 Å². The van der Waals surface area contributed by atoms with Crippen LogP contribution in [0.5, 0.6) is 0 Å². The van der Waals surface area contributed by atoms with Gasteiger partial charge in [0.05, 0.1) is 0 Å². The van der Waals surface area contributed by atoms with E-state index in [1.54, 1.807) is 10.7 Å². The number of nitrogens with zero attached hydrogens (tertiary/aromatic N) is 5. The van der Waals surface area contributed by atoms with Crippen LogP contribution in [0.25, 0.3) is 16.5 Å². The van der Waals surface area contributed by atoms with Crippen molar-refractivity contribution in [2.24, 2.45) is 0 Å². The Kier molecular flexibility index (Phi) is 3.87. The first-order valence-corrected chi connectivity index (χ1v) is 9.00. The molecule has 1 fully saturated rings. The maximum Gasteiger partial charge on any atom is 0.211 e. The monoisotopic (exact) mass is 328 g/mol. The molecule has 0 spiro atoms. The highest BCUT2D eigenvalue weighted by atomic mass is 32.1. The Balaban J connectivity index is 1.71. The van der Waals surface area contributed by atoms with Crippen LogP contribution < -0.4 is 10.6 Å². The third kappa shape index (κ3) is 2.88. The Morgan fingerprint density at radius 2 is 1.83 bits per heavy atom. The van der Waals surface area contributed by atoms with E-state index < -0.39 is 0 Å². The zero-order valence-corrected chi connectivity index (χ0v) is 13.8. The minimum atomic E-state index is 0.620. The summed E-state index contributed by atoms with van der Waals surface area (Å²) in [5, 5.41) is 7.23. The topological polar surface area (TPSA) is 72.3 Å². The van der Waals surface area contributed by atoms with Gasteiger partial charge in [-0.25, -0.2) is 9.97 Å². The van der Waals surface area contributed by atoms with E-state index in [9.17, 15) is 0 Å². The molecule has 23 heavy (non-hydrogen) atoms. The van der Waals surface area contributed by atoms with Gasteiger partial charge in [-0.05, 0) is 12.8 Å². The first-order chi connectivity index (χ1) is 11.3. The Bertz CT molecular complexity index is 786. The van der Waals surface area contributed by atoms with Gasteiger partial charge in [0.1, 0.15) is 5.82 Å². The zero-order valence-electron chi connectivity index (χ0n) is 13.0. The number of thiazole rings is 1. The third-order valence-corrected chi connectivity index (χ3v) is 5.06. The molecule has 3 aromatic heterocycles. The summed E-state index contributed by atoms with van der Waals surface area (Å²) in [4.78, 5) is 11.3. The van der Waals surface area contributed by atoms with Crippen molar-refractivity contribution in [3.05, 3.63) is 23.7 Å². The maximum atomic E-state index is 6.22. The Hall–Kier alpha value is -2.15. The third-order valence-electron chi connectivity index (χ3n) is 4.29. The van der Waals surface area contributed by atoms with Gasteiger partial charge in [-0.15, -0.1) is 16.4 Å². The van der Waals surface area contributed by atoms with Gasteiger partial charge < -0.3 is 10.6 Å². The summed E-state index contributed by atoms with van der Waals surface area (Å²) in [5.41, 5.74) is 8.15. The fraction of sp³-hybridized carbons (Fsp3) is 0.438. The Morgan fingerprint density at radius 1 is 1.04 bits per heavy atom. The van der Waals surface area contributed by atoms with Crippen LogP contribution in [0.1, 0.15) is 32.1 Å². The fourth-order valence-electron chi connectivity index (χ4n) is 3.11. The molecule has 4 rings (SSSR count). The summed E-state index contributed by atoms with van der Waals surface area (Å²) >= 11 is 1.53. The van der Waals surface area contributed by atoms with Crippen molar-refractivity contribution in [1.82, 2.24) is 19.6 Å². The van der Waals surface area contributed by atoms with Crippen LogP contribution in [-0.4, -0.2) is 32.7 Å². The SMILES string of the molecule is Nc1cc(N2CCCCCCC2)cc2nc(-c3nccs3)nn12. The lowest BCUT2D eigenvalue weighted by Crippen LogP contribution is -2.27. The number of rotatable bonds is 2. The number of aromatic nitrogens is 4. The van der Waals surface area contributed by atoms with E-state index in [0.717, 1.165) is 29.4 Å². The second kappa shape index (κ2) is 6.16. The van der Waals surface area contributed by atoms with Gasteiger partial charge in [0.2, 0.25) is 5.82 Å². The highest BCUT2D eigenvalue weighted by Crippen LogP contribution is 2.25. The van der Waals surface area contributed by atoms with Crippen LogP contribution >= 0.6 is 11.3 Å². The van der Waals surface area contributed by atoms with Gasteiger partial charge >= 0.3 is 0 Å². The number of fused-ring (bicyclic) bond motifs is 1. The summed E-state index contributed by atoms with van der Waals surface area (Å²) < 4.78 is 1.70. The van der Waals surface area contributed by atoms with E-state index in [2.05, 4.69) is 26.0 Å². The second-order valence-electron chi connectivity index (χ2n) is 5.94. The number of hydrogen-bond donors (Lipinski definition) is 1. The van der Waals surface area contributed by atoms with Crippen LogP contribution in [0.3, 0.4) is 0 Å². The summed E-state index contributed by atoms with van der Waals surface area (Å²) in [5.74, 6) is 1.26. The lowest BCUT2D eigenvalue weighted by Gasteiger charge is -2.27. The van der Waals surface area contributed by atoms with Crippen LogP contribution in [0.15, 0.2) is 23.7 Å². The summed E-state index contributed by atoms with van der Waals surface area (Å²) in [6.45, 7) is 2.17. The van der Waals surface area contributed by atoms with Crippen LogP contribution in [0, 0.1) is 0 Å². The molecular weight excluding hydrogens is 308 g/mol. The molecule has 0 bridgehead atoms. The first-order valence-electron chi connectivity index (χ1n) is 8.12. The van der Waals surface area contributed by atoms with Crippen molar-refractivity contribution < 1.29 is 0 Å². The molecule has 0 saturated carbocycles. The Labute approximate surface area is 139 Å². The van der Waals surface area contributed by atoms with E-state index in [1.807, 2.05) is 11.4 Å². The van der Waals surface area contributed by atoms with Crippen LogP contribution in [-0.2, 0) is 0 Å². The molecule has 0 aliphatic carbocycles. The minimum Gasteiger partial charge on any atom is -0.384 e. The summed E-state index contributed by atoms with van der Waals surface area (Å²) in [7, 11) is 0. The quantitative estimate of drug-likeness (QED) is 0.782. The van der Waals surface area contributed by atoms with Gasteiger partial charge in [-0.1, -0.05) is 19.3 Å². The predicted molar refractivity (Wildman–Crippen MR) is 93.8 cm³/mol. The number of hydrogen-bond acceptors (Lipinski definition) is 6. The molecule has 3 aromatic rings. The average molecular weight is 328 g/mol. The highest BCUT2D eigenvalue weighted by Gasteiger charge is 2.15. The van der Waals surface area contributed by atoms with Crippen molar-refractivity contribution in [2.75, 3.05) is 23.7 Å².